The Bertz CT molecular complexity index is 825. The van der Waals surface area contributed by atoms with Crippen LogP contribution < -0.4 is 0 Å². The highest BCUT2D eigenvalue weighted by atomic mass is 16.9. The summed E-state index contributed by atoms with van der Waals surface area (Å²) in [5, 5.41) is 11.8. The number of ether oxygens (including phenoxy) is 6. The number of rotatable bonds is 0. The fourth-order valence-corrected chi connectivity index (χ4v) is 9.45. The van der Waals surface area contributed by atoms with E-state index in [2.05, 4.69) is 19.9 Å². The van der Waals surface area contributed by atoms with Crippen molar-refractivity contribution in [1.29, 1.82) is 0 Å². The number of aliphatic hydroxyl groups is 1. The lowest BCUT2D eigenvalue weighted by molar-refractivity contribution is -0.258. The third-order valence-electron chi connectivity index (χ3n) is 10.9. The van der Waals surface area contributed by atoms with Crippen LogP contribution in [0, 0.1) is 28.6 Å². The number of aliphatic hydroxyl groups excluding tert-OH is 1. The van der Waals surface area contributed by atoms with E-state index < -0.39 is 17.2 Å². The smallest absolute Gasteiger partial charge is 0.226 e. The van der Waals surface area contributed by atoms with Gasteiger partial charge in [-0.1, -0.05) is 25.5 Å². The highest BCUT2D eigenvalue weighted by molar-refractivity contribution is 5.29. The lowest BCUT2D eigenvalue weighted by Crippen LogP contribution is -2.66. The summed E-state index contributed by atoms with van der Waals surface area (Å²) in [6, 6.07) is 0. The Hall–Kier alpha value is -0.540. The molecule has 178 valence electrons. The van der Waals surface area contributed by atoms with E-state index in [4.69, 9.17) is 28.4 Å². The van der Waals surface area contributed by atoms with E-state index in [1.54, 1.807) is 0 Å². The molecule has 7 aliphatic rings. The van der Waals surface area contributed by atoms with Crippen molar-refractivity contribution in [3.8, 4) is 0 Å². The predicted octanol–water partition coefficient (Wildman–Crippen LogP) is 3.11. The molecule has 3 aliphatic heterocycles. The molecule has 1 N–H and O–H groups in total. The maximum absolute atomic E-state index is 11.8. The molecule has 0 bridgehead atoms. The Kier molecular flexibility index (Phi) is 4.27. The average molecular weight is 449 g/mol. The van der Waals surface area contributed by atoms with Crippen molar-refractivity contribution < 1.29 is 33.5 Å². The molecule has 0 amide bonds. The van der Waals surface area contributed by atoms with Gasteiger partial charge in [-0.3, -0.25) is 0 Å². The van der Waals surface area contributed by atoms with Gasteiger partial charge in [0, 0.05) is 18.3 Å². The third kappa shape index (κ3) is 2.32. The lowest BCUT2D eigenvalue weighted by Gasteiger charge is -2.62. The van der Waals surface area contributed by atoms with Crippen LogP contribution >= 0.6 is 0 Å². The minimum absolute atomic E-state index is 0.00231. The Balaban J connectivity index is 1.25. The van der Waals surface area contributed by atoms with Crippen molar-refractivity contribution in [1.82, 2.24) is 0 Å². The Morgan fingerprint density at radius 3 is 2.56 bits per heavy atom. The molecule has 4 aliphatic carbocycles. The first-order valence-electron chi connectivity index (χ1n) is 12.5. The van der Waals surface area contributed by atoms with Crippen molar-refractivity contribution in [2.45, 2.75) is 82.1 Å². The van der Waals surface area contributed by atoms with E-state index in [1.807, 2.05) is 0 Å². The molecule has 3 heterocycles. The first kappa shape index (κ1) is 20.8. The fraction of sp³-hybridized carbons (Fsp3) is 0.920. The summed E-state index contributed by atoms with van der Waals surface area (Å²) < 4.78 is 36.4. The molecule has 0 aromatic carbocycles. The number of hydrogen-bond donors (Lipinski definition) is 1. The highest BCUT2D eigenvalue weighted by Crippen LogP contribution is 2.71. The van der Waals surface area contributed by atoms with Crippen molar-refractivity contribution in [2.75, 3.05) is 33.4 Å². The zero-order valence-electron chi connectivity index (χ0n) is 19.3. The van der Waals surface area contributed by atoms with Crippen LogP contribution in [0.2, 0.25) is 0 Å². The molecule has 7 nitrogen and oxygen atoms in total. The monoisotopic (exact) mass is 448 g/mol. The van der Waals surface area contributed by atoms with Gasteiger partial charge in [0.05, 0.1) is 19.3 Å². The van der Waals surface area contributed by atoms with E-state index in [-0.39, 0.29) is 36.4 Å². The lowest BCUT2D eigenvalue weighted by atomic mass is 9.45. The molecule has 1 unspecified atom stereocenters. The second-order valence-electron chi connectivity index (χ2n) is 11.8. The van der Waals surface area contributed by atoms with Gasteiger partial charge in [-0.15, -0.1) is 0 Å². The van der Waals surface area contributed by atoms with Gasteiger partial charge in [0.1, 0.15) is 12.2 Å². The van der Waals surface area contributed by atoms with Crippen molar-refractivity contribution >= 4 is 0 Å². The molecule has 3 saturated carbocycles. The molecule has 8 atom stereocenters. The van der Waals surface area contributed by atoms with Crippen LogP contribution in [0.25, 0.3) is 0 Å². The molecule has 6 fully saturated rings. The molecule has 32 heavy (non-hydrogen) atoms. The summed E-state index contributed by atoms with van der Waals surface area (Å²) in [6.07, 6.45) is 8.54. The van der Waals surface area contributed by atoms with Crippen LogP contribution in [0.1, 0.15) is 58.8 Å². The molecule has 7 heteroatoms. The minimum Gasteiger partial charge on any atom is -0.393 e. The van der Waals surface area contributed by atoms with Gasteiger partial charge in [-0.25, -0.2) is 0 Å². The topological polar surface area (TPSA) is 75.6 Å². The zero-order chi connectivity index (χ0) is 21.8. The number of fused-ring (bicyclic) bond motifs is 7. The highest BCUT2D eigenvalue weighted by Gasteiger charge is 2.76. The Labute approximate surface area is 189 Å². The normalized spacial score (nSPS) is 55.9. The summed E-state index contributed by atoms with van der Waals surface area (Å²) >= 11 is 0. The molecular formula is C25H36O7. The minimum atomic E-state index is -0.836. The molecule has 0 aromatic rings. The van der Waals surface area contributed by atoms with Gasteiger partial charge >= 0.3 is 0 Å². The van der Waals surface area contributed by atoms with Gasteiger partial charge in [-0.05, 0) is 55.3 Å². The second-order valence-corrected chi connectivity index (χ2v) is 11.8. The summed E-state index contributed by atoms with van der Waals surface area (Å²) in [5.74, 6) is -0.112. The first-order valence-corrected chi connectivity index (χ1v) is 12.5. The van der Waals surface area contributed by atoms with Crippen molar-refractivity contribution in [3.05, 3.63) is 11.6 Å². The van der Waals surface area contributed by atoms with E-state index in [1.165, 1.54) is 5.57 Å². The molecule has 0 aromatic heterocycles. The molecule has 0 radical (unpaired) electrons. The van der Waals surface area contributed by atoms with Crippen LogP contribution in [0.15, 0.2) is 11.6 Å². The summed E-state index contributed by atoms with van der Waals surface area (Å²) in [5.41, 5.74) is 0.664. The Morgan fingerprint density at radius 1 is 0.969 bits per heavy atom. The van der Waals surface area contributed by atoms with Gasteiger partial charge in [0.2, 0.25) is 5.79 Å². The quantitative estimate of drug-likeness (QED) is 0.571. The summed E-state index contributed by atoms with van der Waals surface area (Å²) in [7, 11) is 0. The van der Waals surface area contributed by atoms with Crippen LogP contribution in [0.3, 0.4) is 0 Å². The van der Waals surface area contributed by atoms with E-state index in [0.717, 1.165) is 38.5 Å². The number of allylic oxidation sites excluding steroid dienone is 1. The van der Waals surface area contributed by atoms with E-state index >= 15 is 0 Å². The largest absolute Gasteiger partial charge is 0.393 e. The van der Waals surface area contributed by atoms with Gasteiger partial charge in [0.25, 0.3) is 0 Å². The van der Waals surface area contributed by atoms with Crippen LogP contribution in [0.5, 0.6) is 0 Å². The molecular weight excluding hydrogens is 412 g/mol. The molecule has 3 spiro atoms. The maximum Gasteiger partial charge on any atom is 0.226 e. The van der Waals surface area contributed by atoms with Gasteiger partial charge in [-0.2, -0.15) is 0 Å². The Morgan fingerprint density at radius 2 is 1.78 bits per heavy atom. The standard InChI is InChI=1S/C25H36O7/c1-21-7-8-23(28-9-10-29-23)11-16(21)3-4-17-18-5-6-24(22(18,2)12-19(26)20(17)21)25(32-15-30-24)13-27-14-31-25/h3,17-20,26H,4-15H2,1-2H3/t17-,18-,19-,20+,21-,22-,24+,25?/m0/s1. The van der Waals surface area contributed by atoms with E-state index in [0.29, 0.717) is 38.1 Å². The van der Waals surface area contributed by atoms with Crippen molar-refractivity contribution in [2.24, 2.45) is 28.6 Å². The van der Waals surface area contributed by atoms with Gasteiger partial charge in [0.15, 0.2) is 19.4 Å². The number of hydrogen-bond acceptors (Lipinski definition) is 7. The summed E-state index contributed by atoms with van der Waals surface area (Å²) in [6.45, 7) is 6.98. The average Bonchev–Trinajstić information content (AvgIpc) is 3.54. The first-order chi connectivity index (χ1) is 15.4. The van der Waals surface area contributed by atoms with Crippen molar-refractivity contribution in [3.63, 3.8) is 0 Å². The van der Waals surface area contributed by atoms with Crippen LogP contribution in [-0.2, 0) is 28.4 Å². The third-order valence-corrected chi connectivity index (χ3v) is 10.9. The van der Waals surface area contributed by atoms with Crippen LogP contribution in [0.4, 0.5) is 0 Å². The predicted molar refractivity (Wildman–Crippen MR) is 112 cm³/mol. The zero-order valence-corrected chi connectivity index (χ0v) is 19.3. The SMILES string of the molecule is C[C@]12CCC3(CC1=CC[C@@H]1[C@@H]2[C@@H](O)C[C@@]2(C)[C@H]1CC[C@@]21OCOC12COCO2)OCCO3. The molecule has 7 rings (SSSR count). The molecule has 3 saturated heterocycles. The van der Waals surface area contributed by atoms with E-state index in [9.17, 15) is 5.11 Å². The maximum atomic E-state index is 11.8. The fourth-order valence-electron chi connectivity index (χ4n) is 9.45. The van der Waals surface area contributed by atoms with Gasteiger partial charge < -0.3 is 33.5 Å². The van der Waals surface area contributed by atoms with Crippen LogP contribution in [-0.4, -0.2) is 61.8 Å². The summed E-state index contributed by atoms with van der Waals surface area (Å²) in [4.78, 5) is 0. The second kappa shape index (κ2) is 6.56.